The van der Waals surface area contributed by atoms with E-state index >= 15 is 0 Å². The van der Waals surface area contributed by atoms with Crippen molar-refractivity contribution in [3.8, 4) is 0 Å². The largest absolute Gasteiger partial charge is 0.455 e. The Morgan fingerprint density at radius 3 is 2.67 bits per heavy atom. The van der Waals surface area contributed by atoms with Crippen molar-refractivity contribution in [2.45, 2.75) is 25.0 Å². The van der Waals surface area contributed by atoms with Gasteiger partial charge in [-0.2, -0.15) is 0 Å². The summed E-state index contributed by atoms with van der Waals surface area (Å²) in [5.74, 6) is -0.425. The molecule has 0 atom stereocenters. The first-order chi connectivity index (χ1) is 12.9. The normalized spacial score (nSPS) is 11.3. The van der Waals surface area contributed by atoms with Crippen LogP contribution >= 0.6 is 0 Å². The highest BCUT2D eigenvalue weighted by molar-refractivity contribution is 7.89. The van der Waals surface area contributed by atoms with E-state index in [1.54, 1.807) is 24.4 Å². The summed E-state index contributed by atoms with van der Waals surface area (Å²) in [6.45, 7) is 2.18. The van der Waals surface area contributed by atoms with Crippen LogP contribution in [0.5, 0.6) is 0 Å². The number of hydrogen-bond acceptors (Lipinski definition) is 5. The molecule has 3 rings (SSSR count). The van der Waals surface area contributed by atoms with Crippen molar-refractivity contribution in [3.05, 3.63) is 89.1 Å². The second kappa shape index (κ2) is 8.18. The zero-order valence-electron chi connectivity index (χ0n) is 14.9. The maximum absolute atomic E-state index is 12.4. The fourth-order valence-electron chi connectivity index (χ4n) is 2.66. The van der Waals surface area contributed by atoms with E-state index in [2.05, 4.69) is 10.3 Å². The SMILES string of the molecule is Cc1cccc(CS(=O)(=O)Cc2ccc(C(=O)NCc3ccccn3)o2)c1. The van der Waals surface area contributed by atoms with Crippen LogP contribution in [0, 0.1) is 6.92 Å². The number of carbonyl (C=O) groups is 1. The number of furan rings is 1. The van der Waals surface area contributed by atoms with Gasteiger partial charge in [0.2, 0.25) is 0 Å². The van der Waals surface area contributed by atoms with Gasteiger partial charge in [-0.15, -0.1) is 0 Å². The molecule has 2 heterocycles. The van der Waals surface area contributed by atoms with Crippen LogP contribution in [0.2, 0.25) is 0 Å². The van der Waals surface area contributed by atoms with Crippen molar-refractivity contribution in [3.63, 3.8) is 0 Å². The van der Waals surface area contributed by atoms with Crippen LogP contribution in [0.3, 0.4) is 0 Å². The molecular weight excluding hydrogens is 364 g/mol. The minimum atomic E-state index is -3.41. The Kier molecular flexibility index (Phi) is 5.71. The number of hydrogen-bond donors (Lipinski definition) is 1. The van der Waals surface area contributed by atoms with Gasteiger partial charge in [-0.25, -0.2) is 8.42 Å². The van der Waals surface area contributed by atoms with Crippen LogP contribution in [-0.2, 0) is 27.9 Å². The van der Waals surface area contributed by atoms with Crippen LogP contribution in [0.4, 0.5) is 0 Å². The van der Waals surface area contributed by atoms with Crippen molar-refractivity contribution in [1.29, 1.82) is 0 Å². The van der Waals surface area contributed by atoms with Gasteiger partial charge in [0, 0.05) is 6.20 Å². The molecule has 0 aliphatic rings. The Hall–Kier alpha value is -2.93. The van der Waals surface area contributed by atoms with Crippen molar-refractivity contribution >= 4 is 15.7 Å². The van der Waals surface area contributed by atoms with Crippen molar-refractivity contribution in [1.82, 2.24) is 10.3 Å². The first-order valence-electron chi connectivity index (χ1n) is 8.44. The smallest absolute Gasteiger partial charge is 0.287 e. The Morgan fingerprint density at radius 1 is 1.07 bits per heavy atom. The van der Waals surface area contributed by atoms with Crippen LogP contribution in [0.25, 0.3) is 0 Å². The summed E-state index contributed by atoms with van der Waals surface area (Å²) < 4.78 is 30.2. The maximum Gasteiger partial charge on any atom is 0.287 e. The quantitative estimate of drug-likeness (QED) is 0.676. The topological polar surface area (TPSA) is 89.3 Å². The summed E-state index contributed by atoms with van der Waals surface area (Å²) in [6.07, 6.45) is 1.64. The Bertz CT molecular complexity index is 1030. The molecule has 2 aromatic heterocycles. The minimum absolute atomic E-state index is 0.0728. The lowest BCUT2D eigenvalue weighted by Crippen LogP contribution is -2.22. The van der Waals surface area contributed by atoms with Crippen LogP contribution in [0.15, 0.2) is 65.2 Å². The molecule has 0 saturated heterocycles. The number of nitrogens with one attached hydrogen (secondary N) is 1. The molecule has 140 valence electrons. The van der Waals surface area contributed by atoms with E-state index in [1.807, 2.05) is 31.2 Å². The maximum atomic E-state index is 12.4. The van der Waals surface area contributed by atoms with E-state index in [4.69, 9.17) is 4.42 Å². The van der Waals surface area contributed by atoms with Crippen molar-refractivity contribution in [2.24, 2.45) is 0 Å². The predicted molar refractivity (Wildman–Crippen MR) is 102 cm³/mol. The molecule has 1 amide bonds. The molecule has 0 unspecified atom stereocenters. The van der Waals surface area contributed by atoms with Gasteiger partial charge in [-0.3, -0.25) is 9.78 Å². The zero-order valence-corrected chi connectivity index (χ0v) is 15.7. The molecule has 1 N–H and O–H groups in total. The third kappa shape index (κ3) is 5.52. The average molecular weight is 384 g/mol. The van der Waals surface area contributed by atoms with Gasteiger partial charge in [-0.05, 0) is 36.8 Å². The summed E-state index contributed by atoms with van der Waals surface area (Å²) in [5, 5.41) is 2.69. The first-order valence-corrected chi connectivity index (χ1v) is 10.3. The van der Waals surface area contributed by atoms with Crippen LogP contribution in [-0.4, -0.2) is 19.3 Å². The number of benzene rings is 1. The standard InChI is InChI=1S/C20H20N2O4S/c1-15-5-4-6-16(11-15)13-27(24,25)14-18-8-9-19(26-18)20(23)22-12-17-7-2-3-10-21-17/h2-11H,12-14H2,1H3,(H,22,23). The molecule has 0 spiro atoms. The van der Waals surface area contributed by atoms with E-state index < -0.39 is 15.7 Å². The van der Waals surface area contributed by atoms with E-state index in [-0.39, 0.29) is 29.6 Å². The third-order valence-corrected chi connectivity index (χ3v) is 5.37. The molecule has 3 aromatic rings. The lowest BCUT2D eigenvalue weighted by molar-refractivity contribution is 0.0921. The van der Waals surface area contributed by atoms with E-state index in [0.29, 0.717) is 0 Å². The molecule has 0 aliphatic carbocycles. The number of aromatic nitrogens is 1. The monoisotopic (exact) mass is 384 g/mol. The van der Waals surface area contributed by atoms with Crippen molar-refractivity contribution in [2.75, 3.05) is 0 Å². The van der Waals surface area contributed by atoms with Gasteiger partial charge in [0.15, 0.2) is 15.6 Å². The lowest BCUT2D eigenvalue weighted by Gasteiger charge is -2.04. The van der Waals surface area contributed by atoms with Gasteiger partial charge in [-0.1, -0.05) is 35.9 Å². The molecule has 7 heteroatoms. The van der Waals surface area contributed by atoms with E-state index in [1.165, 1.54) is 12.1 Å². The molecule has 6 nitrogen and oxygen atoms in total. The zero-order chi connectivity index (χ0) is 19.3. The Labute approximate surface area is 158 Å². The molecule has 0 saturated carbocycles. The van der Waals surface area contributed by atoms with Gasteiger partial charge in [0.1, 0.15) is 11.5 Å². The Morgan fingerprint density at radius 2 is 1.93 bits per heavy atom. The number of rotatable bonds is 7. The van der Waals surface area contributed by atoms with Crippen LogP contribution in [0.1, 0.15) is 33.1 Å². The van der Waals surface area contributed by atoms with Crippen LogP contribution < -0.4 is 5.32 Å². The molecule has 27 heavy (non-hydrogen) atoms. The summed E-state index contributed by atoms with van der Waals surface area (Å²) in [4.78, 5) is 16.3. The summed E-state index contributed by atoms with van der Waals surface area (Å²) in [7, 11) is -3.41. The third-order valence-electron chi connectivity index (χ3n) is 3.87. The molecule has 0 aliphatic heterocycles. The molecule has 0 radical (unpaired) electrons. The number of pyridine rings is 1. The fraction of sp³-hybridized carbons (Fsp3) is 0.200. The second-order valence-corrected chi connectivity index (χ2v) is 8.36. The first kappa shape index (κ1) is 18.8. The van der Waals surface area contributed by atoms with E-state index in [0.717, 1.165) is 16.8 Å². The van der Waals surface area contributed by atoms with Gasteiger partial charge in [0.25, 0.3) is 5.91 Å². The number of carbonyl (C=O) groups excluding carboxylic acids is 1. The summed E-state index contributed by atoms with van der Waals surface area (Å²) in [5.41, 5.74) is 2.46. The lowest BCUT2D eigenvalue weighted by atomic mass is 10.2. The molecule has 1 aromatic carbocycles. The van der Waals surface area contributed by atoms with Gasteiger partial charge in [0.05, 0.1) is 18.0 Å². The summed E-state index contributed by atoms with van der Waals surface area (Å²) in [6, 6.07) is 15.8. The number of amides is 1. The number of sulfone groups is 1. The number of nitrogens with zero attached hydrogens (tertiary/aromatic N) is 1. The fourth-order valence-corrected chi connectivity index (χ4v) is 4.04. The Balaban J connectivity index is 1.60. The summed E-state index contributed by atoms with van der Waals surface area (Å²) >= 11 is 0. The highest BCUT2D eigenvalue weighted by Gasteiger charge is 2.18. The predicted octanol–water partition coefficient (Wildman–Crippen LogP) is 3.03. The van der Waals surface area contributed by atoms with E-state index in [9.17, 15) is 13.2 Å². The highest BCUT2D eigenvalue weighted by atomic mass is 32.2. The van der Waals surface area contributed by atoms with Crippen molar-refractivity contribution < 1.29 is 17.6 Å². The molecular formula is C20H20N2O4S. The molecule has 0 fully saturated rings. The average Bonchev–Trinajstić information content (AvgIpc) is 3.08. The highest BCUT2D eigenvalue weighted by Crippen LogP contribution is 2.16. The van der Waals surface area contributed by atoms with Gasteiger partial charge >= 0.3 is 0 Å². The molecule has 0 bridgehead atoms. The van der Waals surface area contributed by atoms with Gasteiger partial charge < -0.3 is 9.73 Å². The minimum Gasteiger partial charge on any atom is -0.455 e. The number of aryl methyl sites for hydroxylation is 1. The second-order valence-electron chi connectivity index (χ2n) is 6.29.